The molecule has 25 heavy (non-hydrogen) atoms. The topological polar surface area (TPSA) is 64.7 Å². The van der Waals surface area contributed by atoms with Crippen molar-refractivity contribution in [3.63, 3.8) is 0 Å². The first-order valence-corrected chi connectivity index (χ1v) is 9.53. The Kier molecular flexibility index (Phi) is 5.73. The Bertz CT molecular complexity index is 549. The molecule has 0 spiro atoms. The van der Waals surface area contributed by atoms with Gasteiger partial charge in [-0.05, 0) is 32.1 Å². The van der Waals surface area contributed by atoms with Crippen molar-refractivity contribution in [3.8, 4) is 0 Å². The summed E-state index contributed by atoms with van der Waals surface area (Å²) in [6, 6.07) is 0. The third kappa shape index (κ3) is 4.47. The van der Waals surface area contributed by atoms with E-state index >= 15 is 0 Å². The lowest BCUT2D eigenvalue weighted by atomic mass is 10.1. The summed E-state index contributed by atoms with van der Waals surface area (Å²) < 4.78 is 0. The fourth-order valence-electron chi connectivity index (χ4n) is 2.69. The Morgan fingerprint density at radius 3 is 1.48 bits per heavy atom. The fourth-order valence-corrected chi connectivity index (χ4v) is 3.19. The number of thiocarbonyl (C=S) groups is 2. The Labute approximate surface area is 160 Å². The predicted molar refractivity (Wildman–Crippen MR) is 105 cm³/mol. The highest BCUT2D eigenvalue weighted by molar-refractivity contribution is 7.80. The van der Waals surface area contributed by atoms with Crippen molar-refractivity contribution < 1.29 is 9.59 Å². The van der Waals surface area contributed by atoms with E-state index < -0.39 is 5.92 Å². The zero-order valence-electron chi connectivity index (χ0n) is 15.6. The first-order valence-electron chi connectivity index (χ1n) is 8.71. The van der Waals surface area contributed by atoms with Gasteiger partial charge in [-0.25, -0.2) is 0 Å². The van der Waals surface area contributed by atoms with Crippen LogP contribution in [-0.2, 0) is 9.59 Å². The first kappa shape index (κ1) is 20.0. The Morgan fingerprint density at radius 2 is 1.24 bits per heavy atom. The molecule has 0 bridgehead atoms. The molecular formula is C17H28N4O2S2. The molecule has 0 saturated heterocycles. The summed E-state index contributed by atoms with van der Waals surface area (Å²) in [5, 5.41) is 3.14. The summed E-state index contributed by atoms with van der Waals surface area (Å²) in [5.74, 6) is -1.51. The number of nitrogens with zero attached hydrogens (tertiary/aromatic N) is 2. The molecule has 6 nitrogen and oxygen atoms in total. The number of carbonyl (C=O) groups excluding carboxylic acids is 2. The second-order valence-electron chi connectivity index (χ2n) is 7.76. The predicted octanol–water partition coefficient (Wildman–Crippen LogP) is 2.19. The van der Waals surface area contributed by atoms with Crippen LogP contribution in [0.4, 0.5) is 0 Å². The fraction of sp³-hybridized carbons (Fsp3) is 0.765. The third-order valence-electron chi connectivity index (χ3n) is 5.24. The van der Waals surface area contributed by atoms with Crippen LogP contribution in [0.3, 0.4) is 0 Å². The summed E-state index contributed by atoms with van der Waals surface area (Å²) in [6.07, 6.45) is 4.53. The van der Waals surface area contributed by atoms with Gasteiger partial charge in [-0.1, -0.05) is 45.2 Å². The highest BCUT2D eigenvalue weighted by Gasteiger charge is 2.45. The summed E-state index contributed by atoms with van der Waals surface area (Å²) in [5.41, 5.74) is 5.48. The number of hydrazine groups is 2. The number of amides is 2. The summed E-state index contributed by atoms with van der Waals surface area (Å²) in [7, 11) is 3.45. The molecule has 2 aliphatic carbocycles. The monoisotopic (exact) mass is 384 g/mol. The molecule has 0 aliphatic heterocycles. The lowest BCUT2D eigenvalue weighted by Gasteiger charge is -2.29. The number of carbonyl (C=O) groups is 2. The van der Waals surface area contributed by atoms with Crippen molar-refractivity contribution >= 4 is 46.2 Å². The second kappa shape index (κ2) is 7.15. The summed E-state index contributed by atoms with van der Waals surface area (Å²) in [4.78, 5) is 26.4. The van der Waals surface area contributed by atoms with Gasteiger partial charge in [0, 0.05) is 24.9 Å². The van der Waals surface area contributed by atoms with Crippen LogP contribution in [0.2, 0.25) is 0 Å². The van der Waals surface area contributed by atoms with Crippen LogP contribution in [0.1, 0.15) is 52.9 Å². The van der Waals surface area contributed by atoms with Crippen LogP contribution in [0, 0.1) is 16.7 Å². The maximum atomic E-state index is 12.5. The van der Waals surface area contributed by atoms with Gasteiger partial charge < -0.3 is 0 Å². The van der Waals surface area contributed by atoms with Gasteiger partial charge in [-0.2, -0.15) is 0 Å². The maximum absolute atomic E-state index is 12.5. The lowest BCUT2D eigenvalue weighted by Crippen LogP contribution is -2.53. The zero-order chi connectivity index (χ0) is 19.0. The van der Waals surface area contributed by atoms with Gasteiger partial charge in [0.25, 0.3) is 11.8 Å². The minimum atomic E-state index is -0.797. The molecule has 140 valence electrons. The Morgan fingerprint density at radius 1 is 0.920 bits per heavy atom. The molecule has 2 rings (SSSR count). The molecule has 2 aliphatic rings. The van der Waals surface area contributed by atoms with Gasteiger partial charge in [-0.3, -0.25) is 30.5 Å². The standard InChI is InChI=1S/C17H28N4O2S2/c1-6-11(12(22)18-20(4)14(24)16(2)7-8-16)13(23)19-21(5)15(25)17(3)9-10-17/h11H,6-10H2,1-5H3,(H,18,22)(H,19,23). The van der Waals surface area contributed by atoms with Crippen molar-refractivity contribution in [1.82, 2.24) is 20.9 Å². The van der Waals surface area contributed by atoms with E-state index in [0.29, 0.717) is 16.4 Å². The van der Waals surface area contributed by atoms with Crippen LogP contribution >= 0.6 is 24.4 Å². The van der Waals surface area contributed by atoms with Crippen molar-refractivity contribution in [2.24, 2.45) is 16.7 Å². The Balaban J connectivity index is 1.90. The minimum Gasteiger partial charge on any atom is -0.281 e. The normalized spacial score (nSPS) is 19.0. The molecule has 0 aromatic carbocycles. The van der Waals surface area contributed by atoms with Crippen LogP contribution in [0.15, 0.2) is 0 Å². The van der Waals surface area contributed by atoms with E-state index in [0.717, 1.165) is 25.7 Å². The van der Waals surface area contributed by atoms with Crippen molar-refractivity contribution in [3.05, 3.63) is 0 Å². The average molecular weight is 385 g/mol. The minimum absolute atomic E-state index is 0.00650. The number of nitrogens with one attached hydrogen (secondary N) is 2. The molecule has 0 aromatic rings. The molecule has 2 fully saturated rings. The molecule has 0 heterocycles. The molecular weight excluding hydrogens is 356 g/mol. The number of hydrogen-bond acceptors (Lipinski definition) is 4. The Hall–Kier alpha value is -1.28. The van der Waals surface area contributed by atoms with E-state index in [1.165, 1.54) is 0 Å². The molecule has 8 heteroatoms. The molecule has 2 N–H and O–H groups in total. The van der Waals surface area contributed by atoms with E-state index in [4.69, 9.17) is 24.4 Å². The quantitative estimate of drug-likeness (QED) is 0.430. The molecule has 0 atom stereocenters. The molecule has 2 amide bonds. The lowest BCUT2D eigenvalue weighted by molar-refractivity contribution is -0.138. The van der Waals surface area contributed by atoms with Gasteiger partial charge in [0.15, 0.2) is 0 Å². The van der Waals surface area contributed by atoms with Gasteiger partial charge in [0.05, 0.1) is 0 Å². The smallest absolute Gasteiger partial charge is 0.251 e. The van der Waals surface area contributed by atoms with E-state index in [9.17, 15) is 9.59 Å². The largest absolute Gasteiger partial charge is 0.281 e. The van der Waals surface area contributed by atoms with Crippen molar-refractivity contribution in [2.45, 2.75) is 52.9 Å². The van der Waals surface area contributed by atoms with Crippen molar-refractivity contribution in [1.29, 1.82) is 0 Å². The van der Waals surface area contributed by atoms with E-state index in [2.05, 4.69) is 24.7 Å². The van der Waals surface area contributed by atoms with Crippen molar-refractivity contribution in [2.75, 3.05) is 14.1 Å². The van der Waals surface area contributed by atoms with Crippen LogP contribution in [-0.4, -0.2) is 45.9 Å². The van der Waals surface area contributed by atoms with Crippen LogP contribution < -0.4 is 10.9 Å². The third-order valence-corrected chi connectivity index (χ3v) is 6.77. The maximum Gasteiger partial charge on any atom is 0.251 e. The average Bonchev–Trinajstić information content (AvgIpc) is 3.46. The summed E-state index contributed by atoms with van der Waals surface area (Å²) >= 11 is 10.8. The van der Waals surface area contributed by atoms with Gasteiger partial charge >= 0.3 is 0 Å². The van der Waals surface area contributed by atoms with Gasteiger partial charge in [0.2, 0.25) is 0 Å². The highest BCUT2D eigenvalue weighted by atomic mass is 32.1. The highest BCUT2D eigenvalue weighted by Crippen LogP contribution is 2.47. The first-order chi connectivity index (χ1) is 11.5. The summed E-state index contributed by atoms with van der Waals surface area (Å²) in [6.45, 7) is 5.97. The molecule has 2 saturated carbocycles. The SMILES string of the molecule is CCC(C(=O)NN(C)C(=S)C1(C)CC1)C(=O)NN(C)C(=S)C1(C)CC1. The molecule has 0 radical (unpaired) electrons. The number of hydrogen-bond donors (Lipinski definition) is 2. The van der Waals surface area contributed by atoms with E-state index in [-0.39, 0.29) is 22.6 Å². The van der Waals surface area contributed by atoms with E-state index in [1.807, 2.05) is 6.92 Å². The second-order valence-corrected chi connectivity index (χ2v) is 8.54. The molecule has 0 unspecified atom stereocenters. The van der Waals surface area contributed by atoms with Crippen LogP contribution in [0.5, 0.6) is 0 Å². The number of rotatable bonds is 5. The van der Waals surface area contributed by atoms with Crippen LogP contribution in [0.25, 0.3) is 0 Å². The zero-order valence-corrected chi connectivity index (χ0v) is 17.3. The van der Waals surface area contributed by atoms with E-state index in [1.54, 1.807) is 24.1 Å². The molecule has 0 aromatic heterocycles. The van der Waals surface area contributed by atoms with Gasteiger partial charge in [0.1, 0.15) is 15.9 Å². The van der Waals surface area contributed by atoms with Gasteiger partial charge in [-0.15, -0.1) is 0 Å².